The maximum absolute atomic E-state index is 2.61. The Morgan fingerprint density at radius 1 is 0.622 bits per heavy atom. The molecule has 0 aliphatic heterocycles. The Morgan fingerprint density at radius 2 is 1.00 bits per heavy atom. The molecule has 210 valence electrons. The van der Waals surface area contributed by atoms with E-state index in [9.17, 15) is 0 Å². The van der Waals surface area contributed by atoms with Gasteiger partial charge in [-0.2, -0.15) is 0 Å². The quantitative estimate of drug-likeness (QED) is 0.187. The molecule has 0 spiro atoms. The summed E-state index contributed by atoms with van der Waals surface area (Å²) in [7, 11) is -0.404. The topological polar surface area (TPSA) is 0 Å². The summed E-state index contributed by atoms with van der Waals surface area (Å²) in [5.41, 5.74) is 1.61. The summed E-state index contributed by atoms with van der Waals surface area (Å²) in [4.78, 5) is 0. The van der Waals surface area contributed by atoms with Gasteiger partial charge in [-0.15, -0.1) is 0 Å². The SMILES string of the molecule is C1CCCC1.C[C@@H](C1CCCC1P(c1ccccc1)c1ccccc1)P(C(C)(C)C)C(C)(C)C.[CH3-].[CH3-].[Fe+2]. The molecule has 2 aromatic carbocycles. The zero-order valence-electron chi connectivity index (χ0n) is 25.4. The third kappa shape index (κ3) is 10.4. The van der Waals surface area contributed by atoms with Crippen molar-refractivity contribution in [1.29, 1.82) is 0 Å². The molecule has 2 fully saturated rings. The van der Waals surface area contributed by atoms with Gasteiger partial charge >= 0.3 is 17.1 Å². The van der Waals surface area contributed by atoms with Gasteiger partial charge in [-0.3, -0.25) is 0 Å². The third-order valence-electron chi connectivity index (χ3n) is 7.65. The Labute approximate surface area is 245 Å². The zero-order chi connectivity index (χ0) is 24.8. The van der Waals surface area contributed by atoms with Crippen molar-refractivity contribution in [2.24, 2.45) is 5.92 Å². The van der Waals surface area contributed by atoms with Crippen LogP contribution in [0, 0.1) is 20.8 Å². The molecule has 3 heteroatoms. The number of hydrogen-bond acceptors (Lipinski definition) is 0. The van der Waals surface area contributed by atoms with Gasteiger partial charge in [0, 0.05) is 0 Å². The second-order valence-corrected chi connectivity index (χ2v) is 19.1. The predicted octanol–water partition coefficient (Wildman–Crippen LogP) is 10.6. The van der Waals surface area contributed by atoms with Crippen molar-refractivity contribution in [2.75, 3.05) is 0 Å². The van der Waals surface area contributed by atoms with Crippen LogP contribution in [0.3, 0.4) is 0 Å². The normalized spacial score (nSPS) is 20.2. The molecule has 2 aromatic rings. The molecule has 3 atom stereocenters. The monoisotopic (exact) mass is 582 g/mol. The van der Waals surface area contributed by atoms with E-state index < -0.39 is 0 Å². The van der Waals surface area contributed by atoms with Crippen molar-refractivity contribution in [3.8, 4) is 0 Å². The standard InChI is InChI=1S/C27H40P2.C5H10.2CH3.Fe/c1-21(29(26(2,3)4)27(5,6)7)24-19-14-20-25(24)28(22-15-10-8-11-16-22)23-17-12-9-13-18-23;1-2-4-5-3-1;;;/h8-13,15-18,21,24-25H,14,19-20H2,1-7H3;1-5H2;2*1H3;/q;;2*-1;+2/t21-,24?,25?;;;;/m0..../s1. The Balaban J connectivity index is 0.00000145. The van der Waals surface area contributed by atoms with Crippen LogP contribution in [0.5, 0.6) is 0 Å². The van der Waals surface area contributed by atoms with Gasteiger partial charge in [-0.05, 0) is 58.9 Å². The molecule has 37 heavy (non-hydrogen) atoms. The van der Waals surface area contributed by atoms with Gasteiger partial charge in [0.1, 0.15) is 0 Å². The van der Waals surface area contributed by atoms with E-state index in [0.717, 1.165) is 17.2 Å². The molecule has 0 radical (unpaired) electrons. The van der Waals surface area contributed by atoms with Crippen molar-refractivity contribution in [2.45, 2.75) is 121 Å². The maximum Gasteiger partial charge on any atom is 2.00 e. The predicted molar refractivity (Wildman–Crippen MR) is 172 cm³/mol. The fourth-order valence-corrected chi connectivity index (χ4v) is 15.5. The zero-order valence-corrected chi connectivity index (χ0v) is 28.3. The van der Waals surface area contributed by atoms with Gasteiger partial charge in [0.05, 0.1) is 0 Å². The van der Waals surface area contributed by atoms with E-state index in [2.05, 4.69) is 109 Å². The Bertz CT molecular complexity index is 773. The van der Waals surface area contributed by atoms with Crippen LogP contribution in [0.1, 0.15) is 99.8 Å². The summed E-state index contributed by atoms with van der Waals surface area (Å²) < 4.78 is 0. The van der Waals surface area contributed by atoms with Crippen LogP contribution in [-0.2, 0) is 17.1 Å². The average molecular weight is 583 g/mol. The van der Waals surface area contributed by atoms with E-state index in [0.29, 0.717) is 10.3 Å². The van der Waals surface area contributed by atoms with Gasteiger partial charge in [-0.1, -0.05) is 156 Å². The second-order valence-electron chi connectivity index (χ2n) is 12.4. The third-order valence-corrected chi connectivity index (χ3v) is 14.8. The molecule has 0 aromatic heterocycles. The first-order valence-electron chi connectivity index (χ1n) is 13.8. The van der Waals surface area contributed by atoms with Crippen LogP contribution >= 0.6 is 15.8 Å². The average Bonchev–Trinajstić information content (AvgIpc) is 3.49. The van der Waals surface area contributed by atoms with Crippen molar-refractivity contribution in [1.82, 2.24) is 0 Å². The molecule has 0 N–H and O–H groups in total. The molecule has 4 rings (SSSR count). The van der Waals surface area contributed by atoms with Gasteiger partial charge in [-0.25, -0.2) is 0 Å². The largest absolute Gasteiger partial charge is 2.00 e. The van der Waals surface area contributed by atoms with Gasteiger partial charge in [0.2, 0.25) is 0 Å². The molecular weight excluding hydrogens is 526 g/mol. The summed E-state index contributed by atoms with van der Waals surface area (Å²) >= 11 is 0. The molecule has 0 amide bonds. The summed E-state index contributed by atoms with van der Waals surface area (Å²) in [5.74, 6) is 0.839. The van der Waals surface area contributed by atoms with E-state index >= 15 is 0 Å². The second kappa shape index (κ2) is 16.8. The first kappa shape index (κ1) is 36.8. The molecule has 2 aliphatic carbocycles. The Morgan fingerprint density at radius 3 is 1.35 bits per heavy atom. The fourth-order valence-electron chi connectivity index (χ4n) is 6.87. The molecule has 0 nitrogen and oxygen atoms in total. The van der Waals surface area contributed by atoms with E-state index in [-0.39, 0.29) is 47.8 Å². The first-order valence-corrected chi connectivity index (χ1v) is 16.6. The first-order chi connectivity index (χ1) is 16.1. The molecule has 2 aliphatic rings. The minimum atomic E-state index is -0.310. The van der Waals surface area contributed by atoms with Crippen LogP contribution < -0.4 is 10.6 Å². The van der Waals surface area contributed by atoms with Crippen molar-refractivity contribution < 1.29 is 17.1 Å². The minimum absolute atomic E-state index is 0. The van der Waals surface area contributed by atoms with Gasteiger partial charge in [0.25, 0.3) is 0 Å². The number of hydrogen-bond donors (Lipinski definition) is 0. The molecule has 0 heterocycles. The van der Waals surface area contributed by atoms with Crippen LogP contribution in [0.25, 0.3) is 0 Å². The molecule has 0 saturated heterocycles. The molecular formula is C34H56FeP2. The maximum atomic E-state index is 2.61. The van der Waals surface area contributed by atoms with Crippen LogP contribution in [0.2, 0.25) is 0 Å². The number of rotatable bonds is 5. The van der Waals surface area contributed by atoms with Crippen LogP contribution in [0.15, 0.2) is 60.7 Å². The van der Waals surface area contributed by atoms with E-state index in [1.54, 1.807) is 10.6 Å². The Hall–Kier alpha value is -0.181. The van der Waals surface area contributed by atoms with E-state index in [4.69, 9.17) is 0 Å². The Kier molecular flexibility index (Phi) is 16.7. The smallest absolute Gasteiger partial charge is 0.358 e. The van der Waals surface area contributed by atoms with Crippen LogP contribution in [0.4, 0.5) is 0 Å². The van der Waals surface area contributed by atoms with Crippen molar-refractivity contribution in [3.63, 3.8) is 0 Å². The summed E-state index contributed by atoms with van der Waals surface area (Å²) in [6.07, 6.45) is 11.7. The van der Waals surface area contributed by atoms with Crippen LogP contribution in [-0.4, -0.2) is 21.6 Å². The van der Waals surface area contributed by atoms with Crippen molar-refractivity contribution in [3.05, 3.63) is 75.5 Å². The van der Waals surface area contributed by atoms with Gasteiger partial charge in [0.15, 0.2) is 0 Å². The number of benzene rings is 2. The van der Waals surface area contributed by atoms with Gasteiger partial charge < -0.3 is 14.9 Å². The minimum Gasteiger partial charge on any atom is -0.358 e. The van der Waals surface area contributed by atoms with E-state index in [1.165, 1.54) is 51.4 Å². The summed E-state index contributed by atoms with van der Waals surface area (Å²) in [5, 5.41) is 3.91. The van der Waals surface area contributed by atoms with E-state index in [1.807, 2.05) is 0 Å². The fraction of sp³-hybridized carbons (Fsp3) is 0.588. The summed E-state index contributed by atoms with van der Waals surface area (Å²) in [6.45, 7) is 17.5. The molecule has 2 unspecified atom stereocenters. The summed E-state index contributed by atoms with van der Waals surface area (Å²) in [6, 6.07) is 22.8. The molecule has 2 saturated carbocycles. The molecule has 0 bridgehead atoms. The van der Waals surface area contributed by atoms with Crippen molar-refractivity contribution >= 4 is 26.5 Å².